The molecule has 0 aliphatic heterocycles. The molecule has 2 amide bonds. The molecular weight excluding hydrogens is 356 g/mol. The number of amides is 2. The van der Waals surface area contributed by atoms with Gasteiger partial charge in [-0.3, -0.25) is 9.59 Å². The van der Waals surface area contributed by atoms with Crippen LogP contribution in [0.5, 0.6) is 0 Å². The topological polar surface area (TPSA) is 62.3 Å². The van der Waals surface area contributed by atoms with Crippen LogP contribution in [0.25, 0.3) is 11.3 Å². The van der Waals surface area contributed by atoms with E-state index in [4.69, 9.17) is 0 Å². The number of benzene rings is 1. The van der Waals surface area contributed by atoms with Gasteiger partial charge < -0.3 is 10.2 Å². The highest BCUT2D eigenvalue weighted by Crippen LogP contribution is 2.26. The SMILES string of the molecule is CN(C)C(=O)CSCC(=O)Nc1nc(-c2ccc(F)c(F)c2)cs1. The third-order valence-electron chi connectivity index (χ3n) is 2.92. The maximum Gasteiger partial charge on any atom is 0.236 e. The molecule has 0 saturated heterocycles. The molecule has 1 heterocycles. The zero-order valence-corrected chi connectivity index (χ0v) is 14.6. The largest absolute Gasteiger partial charge is 0.348 e. The first-order valence-electron chi connectivity index (χ1n) is 6.85. The highest BCUT2D eigenvalue weighted by atomic mass is 32.2. The first kappa shape index (κ1) is 18.3. The molecule has 2 aromatic rings. The molecule has 0 unspecified atom stereocenters. The van der Waals surface area contributed by atoms with Crippen LogP contribution < -0.4 is 5.32 Å². The molecule has 0 atom stereocenters. The monoisotopic (exact) mass is 371 g/mol. The van der Waals surface area contributed by atoms with Crippen molar-refractivity contribution in [2.45, 2.75) is 0 Å². The van der Waals surface area contributed by atoms with Crippen molar-refractivity contribution >= 4 is 40.0 Å². The van der Waals surface area contributed by atoms with Crippen molar-refractivity contribution in [3.63, 3.8) is 0 Å². The van der Waals surface area contributed by atoms with Gasteiger partial charge in [0.25, 0.3) is 0 Å². The lowest BCUT2D eigenvalue weighted by molar-refractivity contribution is -0.125. The standard InChI is InChI=1S/C15H15F2N3O2S2/c1-20(2)14(22)8-23-7-13(21)19-15-18-12(6-24-15)9-3-4-10(16)11(17)5-9/h3-6H,7-8H2,1-2H3,(H,18,19,21). The van der Waals surface area contributed by atoms with Crippen molar-refractivity contribution in [2.24, 2.45) is 0 Å². The maximum absolute atomic E-state index is 13.2. The molecular formula is C15H15F2N3O2S2. The normalized spacial score (nSPS) is 10.5. The lowest BCUT2D eigenvalue weighted by atomic mass is 10.2. The van der Waals surface area contributed by atoms with E-state index in [0.29, 0.717) is 16.4 Å². The Morgan fingerprint density at radius 1 is 1.25 bits per heavy atom. The number of nitrogens with one attached hydrogen (secondary N) is 1. The summed E-state index contributed by atoms with van der Waals surface area (Å²) in [5, 5.41) is 4.62. The third-order valence-corrected chi connectivity index (χ3v) is 4.60. The van der Waals surface area contributed by atoms with Gasteiger partial charge in [0, 0.05) is 25.0 Å². The van der Waals surface area contributed by atoms with Gasteiger partial charge in [-0.15, -0.1) is 23.1 Å². The quantitative estimate of drug-likeness (QED) is 0.848. The first-order chi connectivity index (χ1) is 11.4. The van der Waals surface area contributed by atoms with Gasteiger partial charge in [-0.1, -0.05) is 0 Å². The van der Waals surface area contributed by atoms with E-state index in [1.807, 2.05) is 0 Å². The highest BCUT2D eigenvalue weighted by molar-refractivity contribution is 8.00. The minimum Gasteiger partial charge on any atom is -0.348 e. The zero-order valence-electron chi connectivity index (χ0n) is 13.0. The Bertz CT molecular complexity index is 750. The van der Waals surface area contributed by atoms with E-state index >= 15 is 0 Å². The summed E-state index contributed by atoms with van der Waals surface area (Å²) >= 11 is 2.39. The number of rotatable bonds is 6. The Balaban J connectivity index is 1.90. The second-order valence-corrected chi connectivity index (χ2v) is 6.84. The molecule has 0 saturated carbocycles. The summed E-state index contributed by atoms with van der Waals surface area (Å²) in [6.45, 7) is 0. The predicted octanol–water partition coefficient (Wildman–Crippen LogP) is 2.85. The van der Waals surface area contributed by atoms with Gasteiger partial charge in [0.1, 0.15) is 0 Å². The Hall–Kier alpha value is -2.00. The van der Waals surface area contributed by atoms with Gasteiger partial charge in [-0.2, -0.15) is 0 Å². The number of hydrogen-bond acceptors (Lipinski definition) is 5. The molecule has 0 radical (unpaired) electrons. The molecule has 2 rings (SSSR count). The van der Waals surface area contributed by atoms with E-state index in [2.05, 4.69) is 10.3 Å². The van der Waals surface area contributed by atoms with Crippen LogP contribution in [0.2, 0.25) is 0 Å². The number of aromatic nitrogens is 1. The van der Waals surface area contributed by atoms with E-state index in [1.165, 1.54) is 34.1 Å². The number of thiazole rings is 1. The second kappa shape index (κ2) is 8.20. The third kappa shape index (κ3) is 5.00. The van der Waals surface area contributed by atoms with E-state index < -0.39 is 11.6 Å². The van der Waals surface area contributed by atoms with Crippen molar-refractivity contribution < 1.29 is 18.4 Å². The fraction of sp³-hybridized carbons (Fsp3) is 0.267. The number of thioether (sulfide) groups is 1. The molecule has 0 spiro atoms. The van der Waals surface area contributed by atoms with Crippen LogP contribution in [0.4, 0.5) is 13.9 Å². The average Bonchev–Trinajstić information content (AvgIpc) is 2.98. The van der Waals surface area contributed by atoms with Crippen LogP contribution in [0.3, 0.4) is 0 Å². The second-order valence-electron chi connectivity index (χ2n) is 5.00. The van der Waals surface area contributed by atoms with Crippen molar-refractivity contribution in [2.75, 3.05) is 30.9 Å². The fourth-order valence-corrected chi connectivity index (χ4v) is 3.16. The molecule has 1 N–H and O–H groups in total. The molecule has 1 aromatic carbocycles. The Morgan fingerprint density at radius 2 is 2.00 bits per heavy atom. The van der Waals surface area contributed by atoms with Gasteiger partial charge >= 0.3 is 0 Å². The molecule has 0 aliphatic rings. The van der Waals surface area contributed by atoms with Gasteiger partial charge in [0.15, 0.2) is 16.8 Å². The number of carbonyl (C=O) groups excluding carboxylic acids is 2. The fourth-order valence-electron chi connectivity index (χ4n) is 1.63. The number of anilines is 1. The molecule has 9 heteroatoms. The van der Waals surface area contributed by atoms with Crippen LogP contribution in [0, 0.1) is 11.6 Å². The van der Waals surface area contributed by atoms with Gasteiger partial charge in [0.2, 0.25) is 11.8 Å². The lowest BCUT2D eigenvalue weighted by Gasteiger charge is -2.09. The van der Waals surface area contributed by atoms with Gasteiger partial charge in [0.05, 0.1) is 17.2 Å². The maximum atomic E-state index is 13.2. The molecule has 128 valence electrons. The van der Waals surface area contributed by atoms with Crippen LogP contribution in [-0.4, -0.2) is 47.3 Å². The molecule has 0 bridgehead atoms. The minimum atomic E-state index is -0.951. The summed E-state index contributed by atoms with van der Waals surface area (Å²) in [6, 6.07) is 3.50. The van der Waals surface area contributed by atoms with Crippen molar-refractivity contribution in [3.8, 4) is 11.3 Å². The molecule has 0 aliphatic carbocycles. The van der Waals surface area contributed by atoms with Crippen LogP contribution >= 0.6 is 23.1 Å². The molecule has 0 fully saturated rings. The Kier molecular flexibility index (Phi) is 6.27. The van der Waals surface area contributed by atoms with Crippen LogP contribution in [0.15, 0.2) is 23.6 Å². The molecule has 1 aromatic heterocycles. The molecule has 24 heavy (non-hydrogen) atoms. The van der Waals surface area contributed by atoms with Gasteiger partial charge in [-0.05, 0) is 18.2 Å². The number of carbonyl (C=O) groups is 2. The zero-order chi connectivity index (χ0) is 17.7. The van der Waals surface area contributed by atoms with Gasteiger partial charge in [-0.25, -0.2) is 13.8 Å². The number of hydrogen-bond donors (Lipinski definition) is 1. The summed E-state index contributed by atoms with van der Waals surface area (Å²) in [5.74, 6) is -1.88. The predicted molar refractivity (Wildman–Crippen MR) is 92.1 cm³/mol. The summed E-state index contributed by atoms with van der Waals surface area (Å²) in [4.78, 5) is 28.8. The Morgan fingerprint density at radius 3 is 2.67 bits per heavy atom. The highest BCUT2D eigenvalue weighted by Gasteiger charge is 2.11. The summed E-state index contributed by atoms with van der Waals surface area (Å²) in [5.41, 5.74) is 0.876. The lowest BCUT2D eigenvalue weighted by Crippen LogP contribution is -2.24. The summed E-state index contributed by atoms with van der Waals surface area (Å²) < 4.78 is 26.2. The Labute approximate surface area is 146 Å². The van der Waals surface area contributed by atoms with E-state index in [-0.39, 0.29) is 23.3 Å². The van der Waals surface area contributed by atoms with Crippen LogP contribution in [0.1, 0.15) is 0 Å². The summed E-state index contributed by atoms with van der Waals surface area (Å²) in [7, 11) is 3.30. The van der Waals surface area contributed by atoms with Crippen molar-refractivity contribution in [3.05, 3.63) is 35.2 Å². The van der Waals surface area contributed by atoms with E-state index in [0.717, 1.165) is 12.1 Å². The first-order valence-corrected chi connectivity index (χ1v) is 8.89. The van der Waals surface area contributed by atoms with Crippen LogP contribution in [-0.2, 0) is 9.59 Å². The minimum absolute atomic E-state index is 0.0670. The van der Waals surface area contributed by atoms with Crippen molar-refractivity contribution in [1.82, 2.24) is 9.88 Å². The van der Waals surface area contributed by atoms with Crippen molar-refractivity contribution in [1.29, 1.82) is 0 Å². The van der Waals surface area contributed by atoms with E-state index in [1.54, 1.807) is 19.5 Å². The average molecular weight is 371 g/mol. The molecule has 5 nitrogen and oxygen atoms in total. The number of nitrogens with zero attached hydrogens (tertiary/aromatic N) is 2. The smallest absolute Gasteiger partial charge is 0.236 e. The number of halogens is 2. The van der Waals surface area contributed by atoms with E-state index in [9.17, 15) is 18.4 Å². The summed E-state index contributed by atoms with van der Waals surface area (Å²) in [6.07, 6.45) is 0.